The number of nitrogens with one attached hydrogen (secondary N) is 2. The van der Waals surface area contributed by atoms with Crippen molar-refractivity contribution >= 4 is 12.2 Å². The van der Waals surface area contributed by atoms with Crippen molar-refractivity contribution in [1.29, 1.82) is 0 Å². The monoisotopic (exact) mass is 258 g/mol. The maximum atomic E-state index is 11.0. The van der Waals surface area contributed by atoms with E-state index in [9.17, 15) is 9.59 Å². The molecule has 1 aliphatic carbocycles. The molecule has 104 valence electrons. The molecule has 0 aromatic carbocycles. The summed E-state index contributed by atoms with van der Waals surface area (Å²) in [6, 6.07) is -0.0457. The van der Waals surface area contributed by atoms with E-state index in [1.807, 2.05) is 0 Å². The minimum Gasteiger partial charge on any atom is -0.465 e. The van der Waals surface area contributed by atoms with Crippen LogP contribution in [-0.2, 0) is 4.74 Å². The van der Waals surface area contributed by atoms with Crippen LogP contribution in [0, 0.1) is 11.3 Å². The van der Waals surface area contributed by atoms with Crippen molar-refractivity contribution in [3.63, 3.8) is 0 Å². The first-order valence-corrected chi connectivity index (χ1v) is 6.13. The van der Waals surface area contributed by atoms with Crippen LogP contribution in [0.25, 0.3) is 0 Å². The Morgan fingerprint density at radius 1 is 1.39 bits per heavy atom. The first-order chi connectivity index (χ1) is 8.32. The summed E-state index contributed by atoms with van der Waals surface area (Å²) in [4.78, 5) is 21.7. The molecule has 6 heteroatoms. The SMILES string of the molecule is COC(=O)NCC1CC(NC(=O)O)CC(C)(C)C1. The van der Waals surface area contributed by atoms with E-state index < -0.39 is 12.2 Å². The second-order valence-electron chi connectivity index (χ2n) is 5.69. The summed E-state index contributed by atoms with van der Waals surface area (Å²) in [6.45, 7) is 4.76. The quantitative estimate of drug-likeness (QED) is 0.720. The normalized spacial score (nSPS) is 26.2. The van der Waals surface area contributed by atoms with Crippen LogP contribution in [0.5, 0.6) is 0 Å². The van der Waals surface area contributed by atoms with E-state index in [2.05, 4.69) is 29.2 Å². The zero-order chi connectivity index (χ0) is 13.8. The van der Waals surface area contributed by atoms with E-state index in [0.717, 1.165) is 19.3 Å². The molecular weight excluding hydrogens is 236 g/mol. The first kappa shape index (κ1) is 14.6. The lowest BCUT2D eigenvalue weighted by Crippen LogP contribution is -2.45. The molecule has 2 unspecified atom stereocenters. The van der Waals surface area contributed by atoms with Gasteiger partial charge in [0.1, 0.15) is 0 Å². The summed E-state index contributed by atoms with van der Waals surface area (Å²) < 4.78 is 4.52. The highest BCUT2D eigenvalue weighted by Gasteiger charge is 2.34. The van der Waals surface area contributed by atoms with Crippen LogP contribution in [0.3, 0.4) is 0 Å². The number of methoxy groups -OCH3 is 1. The van der Waals surface area contributed by atoms with Gasteiger partial charge in [-0.15, -0.1) is 0 Å². The van der Waals surface area contributed by atoms with Gasteiger partial charge in [0.05, 0.1) is 7.11 Å². The van der Waals surface area contributed by atoms with Gasteiger partial charge in [-0.05, 0) is 30.6 Å². The molecule has 18 heavy (non-hydrogen) atoms. The van der Waals surface area contributed by atoms with Crippen molar-refractivity contribution < 1.29 is 19.4 Å². The van der Waals surface area contributed by atoms with Gasteiger partial charge in [0.25, 0.3) is 0 Å². The summed E-state index contributed by atoms with van der Waals surface area (Å²) in [7, 11) is 1.33. The number of alkyl carbamates (subject to hydrolysis) is 1. The summed E-state index contributed by atoms with van der Waals surface area (Å²) in [5, 5.41) is 14.0. The minimum absolute atomic E-state index is 0.0457. The minimum atomic E-state index is -0.989. The molecular formula is C12H22N2O4. The Kier molecular flexibility index (Phi) is 4.81. The molecule has 2 amide bonds. The summed E-state index contributed by atoms with van der Waals surface area (Å²) in [5.41, 5.74) is 0.0772. The zero-order valence-electron chi connectivity index (χ0n) is 11.2. The molecule has 1 saturated carbocycles. The number of carboxylic acid groups (broad SMARTS) is 1. The van der Waals surface area contributed by atoms with E-state index in [-0.39, 0.29) is 17.4 Å². The highest BCUT2D eigenvalue weighted by Crippen LogP contribution is 2.38. The fraction of sp³-hybridized carbons (Fsp3) is 0.833. The number of rotatable bonds is 3. The van der Waals surface area contributed by atoms with Crippen LogP contribution in [0.4, 0.5) is 9.59 Å². The lowest BCUT2D eigenvalue weighted by Gasteiger charge is -2.40. The molecule has 6 nitrogen and oxygen atoms in total. The lowest BCUT2D eigenvalue weighted by atomic mass is 9.70. The second-order valence-corrected chi connectivity index (χ2v) is 5.69. The Bertz CT molecular complexity index is 317. The van der Waals surface area contributed by atoms with Crippen molar-refractivity contribution in [2.24, 2.45) is 11.3 Å². The third-order valence-corrected chi connectivity index (χ3v) is 3.31. The van der Waals surface area contributed by atoms with E-state index in [1.54, 1.807) is 0 Å². The number of amides is 2. The molecule has 0 bridgehead atoms. The fourth-order valence-corrected chi connectivity index (χ4v) is 2.84. The van der Waals surface area contributed by atoms with Crippen molar-refractivity contribution in [1.82, 2.24) is 10.6 Å². The Balaban J connectivity index is 2.52. The molecule has 0 spiro atoms. The predicted octanol–water partition coefficient (Wildman–Crippen LogP) is 1.80. The Morgan fingerprint density at radius 3 is 2.61 bits per heavy atom. The predicted molar refractivity (Wildman–Crippen MR) is 66.5 cm³/mol. The number of hydrogen-bond donors (Lipinski definition) is 3. The molecule has 0 heterocycles. The number of ether oxygens (including phenoxy) is 1. The smallest absolute Gasteiger partial charge is 0.406 e. The molecule has 0 aromatic rings. The van der Waals surface area contributed by atoms with Crippen molar-refractivity contribution in [2.75, 3.05) is 13.7 Å². The maximum Gasteiger partial charge on any atom is 0.406 e. The highest BCUT2D eigenvalue weighted by molar-refractivity contribution is 5.66. The first-order valence-electron chi connectivity index (χ1n) is 6.13. The fourth-order valence-electron chi connectivity index (χ4n) is 2.84. The lowest BCUT2D eigenvalue weighted by molar-refractivity contribution is 0.126. The summed E-state index contributed by atoms with van der Waals surface area (Å²) in [6.07, 6.45) is 1.11. The van der Waals surface area contributed by atoms with Crippen molar-refractivity contribution in [3.8, 4) is 0 Å². The van der Waals surface area contributed by atoms with Gasteiger partial charge in [-0.25, -0.2) is 9.59 Å². The number of carbonyl (C=O) groups is 2. The maximum absolute atomic E-state index is 11.0. The van der Waals surface area contributed by atoms with Crippen molar-refractivity contribution in [2.45, 2.75) is 39.2 Å². The van der Waals surface area contributed by atoms with E-state index in [0.29, 0.717) is 6.54 Å². The van der Waals surface area contributed by atoms with Crippen LogP contribution in [0.2, 0.25) is 0 Å². The third-order valence-electron chi connectivity index (χ3n) is 3.31. The Hall–Kier alpha value is -1.46. The zero-order valence-corrected chi connectivity index (χ0v) is 11.2. The molecule has 1 fully saturated rings. The van der Waals surface area contributed by atoms with E-state index in [4.69, 9.17) is 5.11 Å². The van der Waals surface area contributed by atoms with Gasteiger partial charge >= 0.3 is 12.2 Å². The Labute approximate surface area is 107 Å². The van der Waals surface area contributed by atoms with Crippen LogP contribution in [-0.4, -0.2) is 37.0 Å². The van der Waals surface area contributed by atoms with Crippen LogP contribution < -0.4 is 10.6 Å². The second kappa shape index (κ2) is 5.93. The molecule has 1 rings (SSSR count). The van der Waals surface area contributed by atoms with Crippen LogP contribution in [0.15, 0.2) is 0 Å². The third kappa shape index (κ3) is 4.81. The topological polar surface area (TPSA) is 87.7 Å². The Morgan fingerprint density at radius 2 is 2.06 bits per heavy atom. The average Bonchev–Trinajstić information content (AvgIpc) is 2.22. The van der Waals surface area contributed by atoms with Crippen LogP contribution >= 0.6 is 0 Å². The van der Waals surface area contributed by atoms with E-state index >= 15 is 0 Å². The summed E-state index contributed by atoms with van der Waals surface area (Å²) >= 11 is 0. The molecule has 0 aliphatic heterocycles. The van der Waals surface area contributed by atoms with Crippen molar-refractivity contribution in [3.05, 3.63) is 0 Å². The molecule has 2 atom stereocenters. The van der Waals surface area contributed by atoms with Gasteiger partial charge < -0.3 is 20.5 Å². The molecule has 0 aromatic heterocycles. The number of hydrogen-bond acceptors (Lipinski definition) is 3. The summed E-state index contributed by atoms with van der Waals surface area (Å²) in [5.74, 6) is 0.268. The molecule has 0 radical (unpaired) electrons. The van der Waals surface area contributed by atoms with Gasteiger partial charge in [-0.2, -0.15) is 0 Å². The average molecular weight is 258 g/mol. The van der Waals surface area contributed by atoms with Crippen LogP contribution in [0.1, 0.15) is 33.1 Å². The molecule has 1 aliphatic rings. The van der Waals surface area contributed by atoms with Gasteiger partial charge in [-0.3, -0.25) is 0 Å². The molecule has 3 N–H and O–H groups in total. The number of carbonyl (C=O) groups excluding carboxylic acids is 1. The standard InChI is InChI=1S/C12H22N2O4/c1-12(2)5-8(7-13-11(17)18-3)4-9(6-12)14-10(15)16/h8-9,14H,4-7H2,1-3H3,(H,13,17)(H,15,16). The van der Waals surface area contributed by atoms with Gasteiger partial charge in [-0.1, -0.05) is 13.8 Å². The highest BCUT2D eigenvalue weighted by atomic mass is 16.5. The van der Waals surface area contributed by atoms with Gasteiger partial charge in [0, 0.05) is 12.6 Å². The van der Waals surface area contributed by atoms with Gasteiger partial charge in [0.15, 0.2) is 0 Å². The van der Waals surface area contributed by atoms with E-state index in [1.165, 1.54) is 7.11 Å². The molecule has 0 saturated heterocycles. The largest absolute Gasteiger partial charge is 0.465 e. The van der Waals surface area contributed by atoms with Gasteiger partial charge in [0.2, 0.25) is 0 Å².